The predicted octanol–water partition coefficient (Wildman–Crippen LogP) is 3.67. The van der Waals surface area contributed by atoms with Crippen molar-refractivity contribution in [3.05, 3.63) is 70.0 Å². The molecular weight excluding hydrogens is 289 g/mol. The van der Waals surface area contributed by atoms with Crippen LogP contribution in [0.1, 0.15) is 21.5 Å². The van der Waals surface area contributed by atoms with E-state index in [9.17, 15) is 9.18 Å². The monoisotopic (exact) mass is 305 g/mol. The second-order valence-corrected chi connectivity index (χ2v) is 5.20. The zero-order valence-electron chi connectivity index (χ0n) is 11.8. The number of rotatable bonds is 6. The van der Waals surface area contributed by atoms with E-state index < -0.39 is 5.82 Å². The van der Waals surface area contributed by atoms with Crippen LogP contribution in [0.5, 0.6) is 0 Å². The summed E-state index contributed by atoms with van der Waals surface area (Å²) in [6.45, 7) is 0.797. The number of halogens is 2. The third kappa shape index (κ3) is 3.90. The maximum absolute atomic E-state index is 13.4. The van der Waals surface area contributed by atoms with Crippen molar-refractivity contribution in [1.82, 2.24) is 5.32 Å². The number of benzene rings is 2. The first-order valence-corrected chi connectivity index (χ1v) is 7.20. The van der Waals surface area contributed by atoms with Gasteiger partial charge in [-0.3, -0.25) is 4.79 Å². The molecule has 0 amide bonds. The summed E-state index contributed by atoms with van der Waals surface area (Å²) in [5.41, 5.74) is 2.18. The Balaban J connectivity index is 2.22. The van der Waals surface area contributed by atoms with Crippen molar-refractivity contribution in [2.45, 2.75) is 12.8 Å². The Morgan fingerprint density at radius 2 is 1.86 bits per heavy atom. The topological polar surface area (TPSA) is 29.1 Å². The number of hydrogen-bond donors (Lipinski definition) is 1. The standard InChI is InChI=1S/C17H17ClFNO/c1-20-10-9-12-5-2-3-7-14(12)16(21)11-13-6-4-8-15(19)17(13)18/h2-8,20H,9-11H2,1H3. The van der Waals surface area contributed by atoms with Crippen molar-refractivity contribution in [3.63, 3.8) is 0 Å². The summed E-state index contributed by atoms with van der Waals surface area (Å²) in [6, 6.07) is 12.0. The van der Waals surface area contributed by atoms with Crippen LogP contribution in [0.4, 0.5) is 4.39 Å². The molecule has 2 nitrogen and oxygen atoms in total. The van der Waals surface area contributed by atoms with Gasteiger partial charge in [0.05, 0.1) is 5.02 Å². The molecule has 0 spiro atoms. The van der Waals surface area contributed by atoms with Gasteiger partial charge in [-0.1, -0.05) is 48.0 Å². The van der Waals surface area contributed by atoms with E-state index in [4.69, 9.17) is 11.6 Å². The molecule has 0 heterocycles. The molecule has 1 N–H and O–H groups in total. The van der Waals surface area contributed by atoms with Gasteiger partial charge < -0.3 is 5.32 Å². The van der Waals surface area contributed by atoms with E-state index in [2.05, 4.69) is 5.32 Å². The highest BCUT2D eigenvalue weighted by atomic mass is 35.5. The minimum atomic E-state index is -0.495. The second-order valence-electron chi connectivity index (χ2n) is 4.82. The molecule has 0 saturated heterocycles. The van der Waals surface area contributed by atoms with Crippen molar-refractivity contribution in [2.24, 2.45) is 0 Å². The fourth-order valence-electron chi connectivity index (χ4n) is 2.22. The Bertz CT molecular complexity index is 642. The van der Waals surface area contributed by atoms with Crippen LogP contribution in [-0.2, 0) is 12.8 Å². The average Bonchev–Trinajstić information content (AvgIpc) is 2.50. The Hall–Kier alpha value is -1.71. The number of hydrogen-bond acceptors (Lipinski definition) is 2. The fourth-order valence-corrected chi connectivity index (χ4v) is 2.42. The van der Waals surface area contributed by atoms with Crippen molar-refractivity contribution < 1.29 is 9.18 Å². The van der Waals surface area contributed by atoms with Crippen molar-refractivity contribution in [3.8, 4) is 0 Å². The first kappa shape index (κ1) is 15.7. The highest BCUT2D eigenvalue weighted by molar-refractivity contribution is 6.31. The molecule has 0 aliphatic rings. The van der Waals surface area contributed by atoms with Gasteiger partial charge >= 0.3 is 0 Å². The molecule has 0 unspecified atom stereocenters. The van der Waals surface area contributed by atoms with Crippen LogP contribution in [0, 0.1) is 5.82 Å². The van der Waals surface area contributed by atoms with Gasteiger partial charge in [0.2, 0.25) is 0 Å². The molecule has 0 fully saturated rings. The number of Topliss-reactive ketones (excluding diaryl/α,β-unsaturated/α-hetero) is 1. The minimum absolute atomic E-state index is 0.0264. The minimum Gasteiger partial charge on any atom is -0.319 e. The van der Waals surface area contributed by atoms with Crippen LogP contribution in [0.3, 0.4) is 0 Å². The van der Waals surface area contributed by atoms with Gasteiger partial charge in [-0.05, 0) is 37.2 Å². The van der Waals surface area contributed by atoms with Crippen molar-refractivity contribution in [2.75, 3.05) is 13.6 Å². The molecule has 0 aliphatic heterocycles. The Morgan fingerprint density at radius 1 is 1.14 bits per heavy atom. The smallest absolute Gasteiger partial charge is 0.167 e. The fraction of sp³-hybridized carbons (Fsp3) is 0.235. The zero-order chi connectivity index (χ0) is 15.2. The number of carbonyl (C=O) groups is 1. The molecule has 0 aliphatic carbocycles. The molecule has 0 bridgehead atoms. The molecule has 21 heavy (non-hydrogen) atoms. The van der Waals surface area contributed by atoms with E-state index in [-0.39, 0.29) is 17.2 Å². The van der Waals surface area contributed by atoms with E-state index in [0.29, 0.717) is 11.1 Å². The predicted molar refractivity (Wildman–Crippen MR) is 83.5 cm³/mol. The van der Waals surface area contributed by atoms with E-state index in [0.717, 1.165) is 18.5 Å². The largest absolute Gasteiger partial charge is 0.319 e. The average molecular weight is 306 g/mol. The van der Waals surface area contributed by atoms with Gasteiger partial charge in [0.15, 0.2) is 5.78 Å². The lowest BCUT2D eigenvalue weighted by Gasteiger charge is -2.09. The van der Waals surface area contributed by atoms with E-state index in [1.54, 1.807) is 18.2 Å². The normalized spacial score (nSPS) is 10.6. The molecule has 0 saturated carbocycles. The quantitative estimate of drug-likeness (QED) is 0.825. The zero-order valence-corrected chi connectivity index (χ0v) is 12.6. The third-order valence-corrected chi connectivity index (χ3v) is 3.77. The highest BCUT2D eigenvalue weighted by Gasteiger charge is 2.14. The lowest BCUT2D eigenvalue weighted by atomic mass is 9.97. The highest BCUT2D eigenvalue weighted by Crippen LogP contribution is 2.22. The van der Waals surface area contributed by atoms with Gasteiger partial charge in [-0.2, -0.15) is 0 Å². The molecule has 0 atom stereocenters. The summed E-state index contributed by atoms with van der Waals surface area (Å²) in [5.74, 6) is -0.542. The maximum Gasteiger partial charge on any atom is 0.167 e. The van der Waals surface area contributed by atoms with Gasteiger partial charge in [-0.25, -0.2) is 4.39 Å². The summed E-state index contributed by atoms with van der Waals surface area (Å²) in [7, 11) is 1.87. The van der Waals surface area contributed by atoms with E-state index in [1.807, 2.05) is 25.2 Å². The Labute approximate surface area is 128 Å². The lowest BCUT2D eigenvalue weighted by Crippen LogP contribution is -2.14. The molecule has 0 radical (unpaired) electrons. The molecule has 2 rings (SSSR count). The lowest BCUT2D eigenvalue weighted by molar-refractivity contribution is 0.0992. The van der Waals surface area contributed by atoms with E-state index in [1.165, 1.54) is 6.07 Å². The third-order valence-electron chi connectivity index (χ3n) is 3.34. The molecule has 2 aromatic carbocycles. The summed E-state index contributed by atoms with van der Waals surface area (Å²) >= 11 is 5.91. The summed E-state index contributed by atoms with van der Waals surface area (Å²) in [5, 5.41) is 3.09. The number of carbonyl (C=O) groups excluding carboxylic acids is 1. The Morgan fingerprint density at radius 3 is 2.62 bits per heavy atom. The molecule has 4 heteroatoms. The van der Waals surface area contributed by atoms with Gasteiger partial charge in [0.25, 0.3) is 0 Å². The van der Waals surface area contributed by atoms with Crippen molar-refractivity contribution in [1.29, 1.82) is 0 Å². The van der Waals surface area contributed by atoms with Crippen LogP contribution < -0.4 is 5.32 Å². The van der Waals surface area contributed by atoms with Crippen molar-refractivity contribution >= 4 is 17.4 Å². The first-order valence-electron chi connectivity index (χ1n) is 6.82. The summed E-state index contributed by atoms with van der Waals surface area (Å²) in [6.07, 6.45) is 0.877. The van der Waals surface area contributed by atoms with Crippen LogP contribution in [-0.4, -0.2) is 19.4 Å². The summed E-state index contributed by atoms with van der Waals surface area (Å²) < 4.78 is 13.4. The maximum atomic E-state index is 13.4. The van der Waals surface area contributed by atoms with Gasteiger partial charge in [0, 0.05) is 12.0 Å². The van der Waals surface area contributed by atoms with Crippen LogP contribution in [0.2, 0.25) is 5.02 Å². The van der Waals surface area contributed by atoms with Crippen LogP contribution >= 0.6 is 11.6 Å². The number of likely N-dealkylation sites (N-methyl/N-ethyl adjacent to an activating group) is 1. The van der Waals surface area contributed by atoms with E-state index >= 15 is 0 Å². The van der Waals surface area contributed by atoms with Gasteiger partial charge in [0.1, 0.15) is 5.82 Å². The SMILES string of the molecule is CNCCc1ccccc1C(=O)Cc1cccc(F)c1Cl. The van der Waals surface area contributed by atoms with Gasteiger partial charge in [-0.15, -0.1) is 0 Å². The molecule has 2 aromatic rings. The number of nitrogens with one attached hydrogen (secondary N) is 1. The number of ketones is 1. The Kier molecular flexibility index (Phi) is 5.48. The molecule has 0 aromatic heterocycles. The molecule has 110 valence electrons. The van der Waals surface area contributed by atoms with Crippen LogP contribution in [0.25, 0.3) is 0 Å². The molecular formula is C17H17ClFNO. The summed E-state index contributed by atoms with van der Waals surface area (Å²) in [4.78, 5) is 12.5. The second kappa shape index (κ2) is 7.34. The first-order chi connectivity index (χ1) is 10.1. The van der Waals surface area contributed by atoms with Crippen LogP contribution in [0.15, 0.2) is 42.5 Å².